The number of ketones is 2. The molecular formula is C34H28O2S. The summed E-state index contributed by atoms with van der Waals surface area (Å²) in [5.41, 5.74) is 6.35. The van der Waals surface area contributed by atoms with E-state index in [2.05, 4.69) is 62.4 Å². The second kappa shape index (κ2) is 9.32. The van der Waals surface area contributed by atoms with Gasteiger partial charge in [-0.3, -0.25) is 9.59 Å². The lowest BCUT2D eigenvalue weighted by molar-refractivity contribution is 0.0981. The van der Waals surface area contributed by atoms with Gasteiger partial charge >= 0.3 is 0 Å². The zero-order chi connectivity index (χ0) is 25.6. The van der Waals surface area contributed by atoms with Crippen LogP contribution in [0.2, 0.25) is 0 Å². The van der Waals surface area contributed by atoms with Gasteiger partial charge in [0.1, 0.15) is 0 Å². The Kier molecular flexibility index (Phi) is 5.97. The van der Waals surface area contributed by atoms with Crippen molar-refractivity contribution in [2.24, 2.45) is 0 Å². The third-order valence-electron chi connectivity index (χ3n) is 7.62. The largest absolute Gasteiger partial charge is 0.289 e. The van der Waals surface area contributed by atoms with Crippen molar-refractivity contribution in [2.45, 2.75) is 30.4 Å². The molecule has 7 rings (SSSR count). The summed E-state index contributed by atoms with van der Waals surface area (Å²) in [6.07, 6.45) is 0. The van der Waals surface area contributed by atoms with Crippen LogP contribution in [0.5, 0.6) is 0 Å². The Balaban J connectivity index is 1.73. The Labute approximate surface area is 222 Å². The van der Waals surface area contributed by atoms with Gasteiger partial charge in [-0.25, -0.2) is 0 Å². The van der Waals surface area contributed by atoms with E-state index in [1.807, 2.05) is 72.4 Å². The van der Waals surface area contributed by atoms with E-state index >= 15 is 0 Å². The van der Waals surface area contributed by atoms with Crippen molar-refractivity contribution < 1.29 is 9.59 Å². The van der Waals surface area contributed by atoms with Gasteiger partial charge in [-0.1, -0.05) is 123 Å². The van der Waals surface area contributed by atoms with Gasteiger partial charge in [0, 0.05) is 33.9 Å². The van der Waals surface area contributed by atoms with Crippen molar-refractivity contribution in [3.63, 3.8) is 0 Å². The van der Waals surface area contributed by atoms with E-state index in [1.54, 1.807) is 0 Å². The van der Waals surface area contributed by atoms with Gasteiger partial charge < -0.3 is 0 Å². The normalized spacial score (nSPS) is 19.5. The molecule has 0 atom stereocenters. The summed E-state index contributed by atoms with van der Waals surface area (Å²) in [5, 5.41) is 0.370. The molecule has 3 aliphatic rings. The topological polar surface area (TPSA) is 34.1 Å². The molecule has 4 aromatic rings. The maximum atomic E-state index is 14.6. The zero-order valence-electron chi connectivity index (χ0n) is 21.0. The molecular weight excluding hydrogens is 472 g/mol. The van der Waals surface area contributed by atoms with Gasteiger partial charge in [0.15, 0.2) is 11.6 Å². The molecule has 0 amide bonds. The fraction of sp³-hybridized carbons (Fsp3) is 0.176. The van der Waals surface area contributed by atoms with Crippen LogP contribution in [0.3, 0.4) is 0 Å². The number of carbonyl (C=O) groups excluding carboxylic acids is 2. The summed E-state index contributed by atoms with van der Waals surface area (Å²) in [7, 11) is 0. The zero-order valence-corrected chi connectivity index (χ0v) is 21.8. The first kappa shape index (κ1) is 23.7. The predicted octanol–water partition coefficient (Wildman–Crippen LogP) is 7.64. The summed E-state index contributed by atoms with van der Waals surface area (Å²) in [6, 6.07) is 35.7. The van der Waals surface area contributed by atoms with Gasteiger partial charge in [0.05, 0.1) is 5.41 Å². The van der Waals surface area contributed by atoms with Crippen LogP contribution < -0.4 is 0 Å². The van der Waals surface area contributed by atoms with Gasteiger partial charge in [-0.15, -0.1) is 0 Å². The SMILES string of the molecule is CC(C)SCC12C(C(=O)c3ccccc3)=C(C(=O)c3ccccc3)C(c3ccccc31)c1ccccc12. The predicted molar refractivity (Wildman–Crippen MR) is 152 cm³/mol. The van der Waals surface area contributed by atoms with Crippen LogP contribution in [0.25, 0.3) is 0 Å². The number of carbonyl (C=O) groups is 2. The van der Waals surface area contributed by atoms with E-state index in [1.165, 1.54) is 0 Å². The number of hydrogen-bond donors (Lipinski definition) is 0. The Bertz CT molecular complexity index is 1490. The summed E-state index contributed by atoms with van der Waals surface area (Å²) in [5.74, 6) is 0.282. The second-order valence-corrected chi connectivity index (χ2v) is 11.6. The monoisotopic (exact) mass is 500 g/mol. The number of Topliss-reactive ketones (excluding diaryl/α,β-unsaturated/α-hetero) is 2. The number of thioether (sulfide) groups is 1. The van der Waals surface area contributed by atoms with Gasteiger partial charge in [-0.2, -0.15) is 11.8 Å². The van der Waals surface area contributed by atoms with E-state index in [0.717, 1.165) is 22.3 Å². The first-order valence-electron chi connectivity index (χ1n) is 12.8. The smallest absolute Gasteiger partial charge is 0.190 e. The fourth-order valence-electron chi connectivity index (χ4n) is 6.10. The highest BCUT2D eigenvalue weighted by atomic mass is 32.2. The van der Waals surface area contributed by atoms with Crippen LogP contribution in [0.1, 0.15) is 62.7 Å². The third kappa shape index (κ3) is 3.64. The van der Waals surface area contributed by atoms with Crippen LogP contribution >= 0.6 is 11.8 Å². The molecule has 2 nitrogen and oxygen atoms in total. The van der Waals surface area contributed by atoms with Crippen LogP contribution in [0.4, 0.5) is 0 Å². The molecule has 182 valence electrons. The Morgan fingerprint density at radius 2 is 1.14 bits per heavy atom. The Hall–Kier alpha value is -3.69. The van der Waals surface area contributed by atoms with Gasteiger partial charge in [0.25, 0.3) is 0 Å². The molecule has 3 heteroatoms. The second-order valence-electron chi connectivity index (χ2n) is 10.1. The highest BCUT2D eigenvalue weighted by molar-refractivity contribution is 7.99. The molecule has 0 aromatic heterocycles. The molecule has 0 fully saturated rings. The number of allylic oxidation sites excluding steroid dienone is 2. The fourth-order valence-corrected chi connectivity index (χ4v) is 7.14. The van der Waals surface area contributed by atoms with E-state index < -0.39 is 5.41 Å². The van der Waals surface area contributed by atoms with Crippen LogP contribution in [-0.4, -0.2) is 22.6 Å². The number of hydrogen-bond acceptors (Lipinski definition) is 3. The molecule has 37 heavy (non-hydrogen) atoms. The van der Waals surface area contributed by atoms with Crippen molar-refractivity contribution in [1.82, 2.24) is 0 Å². The molecule has 3 aliphatic carbocycles. The molecule has 4 aromatic carbocycles. The molecule has 0 unspecified atom stereocenters. The van der Waals surface area contributed by atoms with Gasteiger partial charge in [-0.05, 0) is 27.5 Å². The van der Waals surface area contributed by atoms with Crippen molar-refractivity contribution in [3.8, 4) is 0 Å². The first-order chi connectivity index (χ1) is 18.0. The van der Waals surface area contributed by atoms with Crippen molar-refractivity contribution in [2.75, 3.05) is 5.75 Å². The highest BCUT2D eigenvalue weighted by Gasteiger charge is 2.56. The van der Waals surface area contributed by atoms with E-state index in [4.69, 9.17) is 0 Å². The maximum absolute atomic E-state index is 14.6. The molecule has 0 N–H and O–H groups in total. The summed E-state index contributed by atoms with van der Waals surface area (Å²) < 4.78 is 0. The van der Waals surface area contributed by atoms with Crippen LogP contribution in [0, 0.1) is 0 Å². The molecule has 0 aliphatic heterocycles. The highest BCUT2D eigenvalue weighted by Crippen LogP contribution is 2.61. The summed E-state index contributed by atoms with van der Waals surface area (Å²) >= 11 is 1.84. The average molecular weight is 501 g/mol. The van der Waals surface area contributed by atoms with Crippen molar-refractivity contribution in [3.05, 3.63) is 154 Å². The average Bonchev–Trinajstić information content (AvgIpc) is 2.96. The summed E-state index contributed by atoms with van der Waals surface area (Å²) in [6.45, 7) is 4.37. The first-order valence-corrected chi connectivity index (χ1v) is 13.8. The lowest BCUT2D eigenvalue weighted by Gasteiger charge is -2.51. The number of benzene rings is 4. The molecule has 0 saturated heterocycles. The number of rotatable bonds is 7. The lowest BCUT2D eigenvalue weighted by atomic mass is 9.52. The van der Waals surface area contributed by atoms with Crippen LogP contribution in [-0.2, 0) is 5.41 Å². The quantitative estimate of drug-likeness (QED) is 0.245. The standard InChI is InChI=1S/C34H28O2S/c1-22(2)37-21-34-27-19-11-9-17-25(27)29(26-18-10-12-20-28(26)34)30(32(35)23-13-5-3-6-14-23)31(34)33(36)24-15-7-4-8-16-24/h3-20,22,29H,21H2,1-2H3. The molecule has 0 spiro atoms. The molecule has 0 radical (unpaired) electrons. The minimum absolute atomic E-state index is 0.0572. The Morgan fingerprint density at radius 3 is 1.65 bits per heavy atom. The maximum Gasteiger partial charge on any atom is 0.190 e. The van der Waals surface area contributed by atoms with Crippen molar-refractivity contribution >= 4 is 23.3 Å². The van der Waals surface area contributed by atoms with E-state index in [0.29, 0.717) is 33.3 Å². The molecule has 0 saturated carbocycles. The van der Waals surface area contributed by atoms with E-state index in [-0.39, 0.29) is 17.5 Å². The summed E-state index contributed by atoms with van der Waals surface area (Å²) in [4.78, 5) is 29.0. The lowest BCUT2D eigenvalue weighted by Crippen LogP contribution is -2.48. The molecule has 2 bridgehead atoms. The Morgan fingerprint density at radius 1 is 0.676 bits per heavy atom. The van der Waals surface area contributed by atoms with Crippen molar-refractivity contribution in [1.29, 1.82) is 0 Å². The minimum atomic E-state index is -0.719. The van der Waals surface area contributed by atoms with Gasteiger partial charge in [0.2, 0.25) is 0 Å². The minimum Gasteiger partial charge on any atom is -0.289 e. The molecule has 0 heterocycles. The third-order valence-corrected chi connectivity index (χ3v) is 8.89. The van der Waals surface area contributed by atoms with Crippen LogP contribution in [0.15, 0.2) is 120 Å². The van der Waals surface area contributed by atoms with E-state index in [9.17, 15) is 9.59 Å².